The second-order valence-corrected chi connectivity index (χ2v) is 4.70. The highest BCUT2D eigenvalue weighted by Gasteiger charge is 2.32. The number of nitrogens with zero attached hydrogens (tertiary/aromatic N) is 2. The van der Waals surface area contributed by atoms with Crippen molar-refractivity contribution in [1.82, 2.24) is 0 Å². The maximum Gasteiger partial charge on any atom is 0.414 e. The molecule has 1 N–H and O–H groups in total. The van der Waals surface area contributed by atoms with E-state index in [4.69, 9.17) is 4.55 Å². The number of benzene rings is 2. The summed E-state index contributed by atoms with van der Waals surface area (Å²) in [7, 11) is -4.97. The largest absolute Gasteiger partial charge is 0.414 e. The summed E-state index contributed by atoms with van der Waals surface area (Å²) < 4.78 is 30.8. The van der Waals surface area contributed by atoms with Gasteiger partial charge >= 0.3 is 10.3 Å². The highest BCUT2D eigenvalue weighted by molar-refractivity contribution is 7.87. The molecule has 0 atom stereocenters. The van der Waals surface area contributed by atoms with Crippen LogP contribution >= 0.6 is 0 Å². The zero-order chi connectivity index (χ0) is 13.3. The third kappa shape index (κ3) is 2.11. The van der Waals surface area contributed by atoms with Crippen LogP contribution in [0.15, 0.2) is 42.5 Å². The first-order valence-electron chi connectivity index (χ1n) is 4.81. The zero-order valence-electron chi connectivity index (χ0n) is 8.92. The number of rotatable bonds is 3. The van der Waals surface area contributed by atoms with Gasteiger partial charge in [-0.05, 0) is 11.5 Å². The summed E-state index contributed by atoms with van der Waals surface area (Å²) in [6, 6.07) is 11.0. The van der Waals surface area contributed by atoms with Crippen molar-refractivity contribution in [3.8, 4) is 0 Å². The van der Waals surface area contributed by atoms with Crippen LogP contribution in [0, 0.1) is 10.1 Å². The summed E-state index contributed by atoms with van der Waals surface area (Å²) in [6.45, 7) is 0. The Morgan fingerprint density at radius 2 is 1.72 bits per heavy atom. The van der Waals surface area contributed by atoms with Gasteiger partial charge in [0.2, 0.25) is 0 Å². The topological polar surface area (TPSA) is 101 Å². The molecule has 18 heavy (non-hydrogen) atoms. The first-order valence-corrected chi connectivity index (χ1v) is 6.21. The standard InChI is InChI=1S/C10H8N2O5S/c13-12(14)11(18(15,16)17)10-7-3-5-8-4-1-2-6-9(8)10/h1-7H,(H,15,16,17). The predicted octanol–water partition coefficient (Wildman–Crippen LogP) is 1.64. The average Bonchev–Trinajstić information content (AvgIpc) is 2.27. The van der Waals surface area contributed by atoms with Gasteiger partial charge in [0.05, 0.1) is 0 Å². The van der Waals surface area contributed by atoms with Crippen molar-refractivity contribution in [2.75, 3.05) is 4.41 Å². The van der Waals surface area contributed by atoms with Gasteiger partial charge in [-0.1, -0.05) is 36.4 Å². The second-order valence-electron chi connectivity index (χ2n) is 3.46. The highest BCUT2D eigenvalue weighted by atomic mass is 32.2. The highest BCUT2D eigenvalue weighted by Crippen LogP contribution is 2.28. The van der Waals surface area contributed by atoms with Crippen LogP contribution in [0.4, 0.5) is 5.69 Å². The smallest absolute Gasteiger partial charge is 0.265 e. The van der Waals surface area contributed by atoms with Gasteiger partial charge in [0, 0.05) is 9.80 Å². The second kappa shape index (κ2) is 4.24. The molecule has 0 aliphatic rings. The number of fused-ring (bicyclic) bond motifs is 1. The van der Waals surface area contributed by atoms with E-state index in [-0.39, 0.29) is 10.1 Å². The van der Waals surface area contributed by atoms with E-state index in [1.165, 1.54) is 18.2 Å². The van der Waals surface area contributed by atoms with Crippen LogP contribution < -0.4 is 4.41 Å². The van der Waals surface area contributed by atoms with Gasteiger partial charge in [-0.25, -0.2) is 10.1 Å². The lowest BCUT2D eigenvalue weighted by atomic mass is 10.1. The molecule has 0 aliphatic heterocycles. The van der Waals surface area contributed by atoms with Crippen molar-refractivity contribution >= 4 is 26.8 Å². The predicted molar refractivity (Wildman–Crippen MR) is 65.0 cm³/mol. The molecule has 7 nitrogen and oxygen atoms in total. The number of hydrazine groups is 1. The molecule has 94 valence electrons. The van der Waals surface area contributed by atoms with Crippen molar-refractivity contribution in [2.45, 2.75) is 0 Å². The number of hydrogen-bond acceptors (Lipinski definition) is 4. The van der Waals surface area contributed by atoms with Gasteiger partial charge in [-0.15, -0.1) is 0 Å². The molecule has 0 heterocycles. The van der Waals surface area contributed by atoms with Crippen molar-refractivity contribution in [3.05, 3.63) is 52.6 Å². The van der Waals surface area contributed by atoms with E-state index in [0.29, 0.717) is 10.8 Å². The van der Waals surface area contributed by atoms with Gasteiger partial charge in [0.15, 0.2) is 5.03 Å². The molecule has 0 spiro atoms. The fourth-order valence-corrected chi connectivity index (χ4v) is 2.25. The van der Waals surface area contributed by atoms with Gasteiger partial charge in [0.1, 0.15) is 5.69 Å². The Balaban J connectivity index is 2.77. The van der Waals surface area contributed by atoms with E-state index in [9.17, 15) is 18.5 Å². The fourth-order valence-electron chi connectivity index (χ4n) is 1.67. The van der Waals surface area contributed by atoms with Crippen LogP contribution in [-0.2, 0) is 10.3 Å². The minimum Gasteiger partial charge on any atom is -0.265 e. The van der Waals surface area contributed by atoms with E-state index in [1.807, 2.05) is 0 Å². The first-order chi connectivity index (χ1) is 8.41. The monoisotopic (exact) mass is 268 g/mol. The van der Waals surface area contributed by atoms with Gasteiger partial charge in [-0.3, -0.25) is 4.55 Å². The minimum absolute atomic E-state index is 0.208. The lowest BCUT2D eigenvalue weighted by Crippen LogP contribution is -2.35. The molecule has 0 aromatic heterocycles. The summed E-state index contributed by atoms with van der Waals surface area (Å²) in [5, 5.41) is 10.6. The Morgan fingerprint density at radius 3 is 2.33 bits per heavy atom. The van der Waals surface area contributed by atoms with E-state index in [2.05, 4.69) is 0 Å². The van der Waals surface area contributed by atoms with Crippen LogP contribution in [0.25, 0.3) is 10.8 Å². The van der Waals surface area contributed by atoms with E-state index < -0.39 is 15.3 Å². The summed E-state index contributed by atoms with van der Waals surface area (Å²) in [5.41, 5.74) is -0.208. The molecule has 8 heteroatoms. The Morgan fingerprint density at radius 1 is 1.11 bits per heavy atom. The van der Waals surface area contributed by atoms with E-state index >= 15 is 0 Å². The zero-order valence-corrected chi connectivity index (χ0v) is 9.74. The van der Waals surface area contributed by atoms with Gasteiger partial charge in [0.25, 0.3) is 0 Å². The average molecular weight is 268 g/mol. The Labute approximate surface area is 102 Å². The molecule has 0 aliphatic carbocycles. The van der Waals surface area contributed by atoms with Crippen molar-refractivity contribution in [2.24, 2.45) is 0 Å². The van der Waals surface area contributed by atoms with Crippen LogP contribution in [0.5, 0.6) is 0 Å². The summed E-state index contributed by atoms with van der Waals surface area (Å²) in [6.07, 6.45) is 0. The quantitative estimate of drug-likeness (QED) is 0.518. The molecule has 0 amide bonds. The van der Waals surface area contributed by atoms with E-state index in [1.54, 1.807) is 24.3 Å². The Hall–Kier alpha value is -2.19. The molecule has 0 fully saturated rings. The van der Waals surface area contributed by atoms with Crippen molar-refractivity contribution < 1.29 is 18.0 Å². The van der Waals surface area contributed by atoms with Crippen LogP contribution in [0.3, 0.4) is 0 Å². The maximum absolute atomic E-state index is 11.1. The molecule has 0 unspecified atom stereocenters. The van der Waals surface area contributed by atoms with Crippen molar-refractivity contribution in [1.29, 1.82) is 0 Å². The maximum atomic E-state index is 11.1. The van der Waals surface area contributed by atoms with E-state index in [0.717, 1.165) is 0 Å². The third-order valence-electron chi connectivity index (χ3n) is 2.34. The molecule has 0 radical (unpaired) electrons. The molecule has 0 saturated carbocycles. The van der Waals surface area contributed by atoms with Crippen LogP contribution in [-0.4, -0.2) is 18.0 Å². The molecule has 2 aromatic carbocycles. The third-order valence-corrected chi connectivity index (χ3v) is 3.11. The van der Waals surface area contributed by atoms with Crippen molar-refractivity contribution in [3.63, 3.8) is 0 Å². The fraction of sp³-hybridized carbons (Fsp3) is 0. The van der Waals surface area contributed by atoms with Gasteiger partial charge < -0.3 is 0 Å². The molecule has 2 aromatic rings. The summed E-state index contributed by atoms with van der Waals surface area (Å²) in [5.74, 6) is 0. The lowest BCUT2D eigenvalue weighted by Gasteiger charge is -2.12. The molecular weight excluding hydrogens is 260 g/mol. The van der Waals surface area contributed by atoms with Gasteiger partial charge in [-0.2, -0.15) is 8.42 Å². The number of anilines is 1. The molecule has 0 bridgehead atoms. The minimum atomic E-state index is -4.97. The lowest BCUT2D eigenvalue weighted by molar-refractivity contribution is -0.475. The molecular formula is C10H8N2O5S. The first kappa shape index (κ1) is 12.3. The summed E-state index contributed by atoms with van der Waals surface area (Å²) in [4.78, 5) is 10.8. The Kier molecular flexibility index (Phi) is 2.89. The number of nitro groups is 1. The normalized spacial score (nSPS) is 11.4. The van der Waals surface area contributed by atoms with Crippen LogP contribution in [0.1, 0.15) is 0 Å². The SMILES string of the molecule is O=[N+]([O-])N(c1cccc2ccccc12)S(=O)(=O)O. The Bertz CT molecular complexity index is 708. The number of hydrogen-bond donors (Lipinski definition) is 1. The summed E-state index contributed by atoms with van der Waals surface area (Å²) >= 11 is 0. The van der Waals surface area contributed by atoms with Crippen LogP contribution in [0.2, 0.25) is 0 Å². The molecule has 0 saturated heterocycles. The molecule has 2 rings (SSSR count).